The zero-order valence-corrected chi connectivity index (χ0v) is 12.8. The molecule has 0 aliphatic heterocycles. The summed E-state index contributed by atoms with van der Waals surface area (Å²) in [6.07, 6.45) is 0. The van der Waals surface area contributed by atoms with Crippen LogP contribution in [0.1, 0.15) is 11.6 Å². The van der Waals surface area contributed by atoms with Crippen molar-refractivity contribution < 1.29 is 18.8 Å². The Labute approximate surface area is 133 Å². The van der Waals surface area contributed by atoms with E-state index < -0.39 is 16.8 Å². The fourth-order valence-corrected chi connectivity index (χ4v) is 2.18. The number of anilines is 1. The van der Waals surface area contributed by atoms with Crippen LogP contribution in [-0.4, -0.2) is 25.7 Å². The molecule has 2 rings (SSSR count). The summed E-state index contributed by atoms with van der Waals surface area (Å²) >= 11 is 0. The second-order valence-corrected chi connectivity index (χ2v) is 4.83. The van der Waals surface area contributed by atoms with Gasteiger partial charge in [0.15, 0.2) is 0 Å². The molecule has 0 aliphatic carbocycles. The summed E-state index contributed by atoms with van der Waals surface area (Å²) in [5.41, 5.74) is 1.20. The van der Waals surface area contributed by atoms with E-state index in [4.69, 9.17) is 9.47 Å². The molecule has 1 atom stereocenters. The summed E-state index contributed by atoms with van der Waals surface area (Å²) in [5.74, 6) is 0.718. The van der Waals surface area contributed by atoms with Gasteiger partial charge in [-0.15, -0.1) is 0 Å². The Morgan fingerprint density at radius 1 is 1.17 bits per heavy atom. The van der Waals surface area contributed by atoms with Gasteiger partial charge in [0.2, 0.25) is 6.54 Å². The number of hydrogen-bond acceptors (Lipinski definition) is 5. The molecule has 0 aromatic heterocycles. The first-order valence-corrected chi connectivity index (χ1v) is 6.89. The van der Waals surface area contributed by atoms with E-state index in [0.29, 0.717) is 22.7 Å². The van der Waals surface area contributed by atoms with Gasteiger partial charge in [-0.3, -0.25) is 10.1 Å². The highest BCUT2D eigenvalue weighted by Gasteiger charge is 2.19. The molecule has 0 radical (unpaired) electrons. The van der Waals surface area contributed by atoms with Crippen LogP contribution in [0.25, 0.3) is 0 Å². The molecular weight excluding hydrogens is 303 g/mol. The van der Waals surface area contributed by atoms with E-state index in [2.05, 4.69) is 5.32 Å². The lowest BCUT2D eigenvalue weighted by Gasteiger charge is -2.19. The van der Waals surface area contributed by atoms with Crippen LogP contribution in [0.2, 0.25) is 0 Å². The molecule has 0 unspecified atom stereocenters. The summed E-state index contributed by atoms with van der Waals surface area (Å²) in [5, 5.41) is 14.0. The van der Waals surface area contributed by atoms with Crippen molar-refractivity contribution in [3.63, 3.8) is 0 Å². The monoisotopic (exact) mass is 320 g/mol. The van der Waals surface area contributed by atoms with Crippen molar-refractivity contribution in [3.8, 4) is 11.5 Å². The molecular formula is C16H17FN2O4. The number of hydrogen-bond donors (Lipinski definition) is 1. The number of ether oxygens (including phenoxy) is 2. The highest BCUT2D eigenvalue weighted by molar-refractivity contribution is 5.60. The second-order valence-electron chi connectivity index (χ2n) is 4.83. The Balaban J connectivity index is 2.30. The maximum absolute atomic E-state index is 13.1. The van der Waals surface area contributed by atoms with Crippen molar-refractivity contribution in [1.82, 2.24) is 0 Å². The Morgan fingerprint density at radius 3 is 2.43 bits per heavy atom. The molecule has 0 heterocycles. The average molecular weight is 320 g/mol. The van der Waals surface area contributed by atoms with E-state index in [1.54, 1.807) is 18.2 Å². The minimum absolute atomic E-state index is 0.346. The lowest BCUT2D eigenvalue weighted by atomic mass is 10.1. The Morgan fingerprint density at radius 2 is 1.87 bits per heavy atom. The summed E-state index contributed by atoms with van der Waals surface area (Å²) in [6, 6.07) is 10.1. The maximum atomic E-state index is 13.1. The van der Waals surface area contributed by atoms with Gasteiger partial charge in [0.05, 0.1) is 19.9 Å². The largest absolute Gasteiger partial charge is 0.497 e. The van der Waals surface area contributed by atoms with Gasteiger partial charge in [-0.05, 0) is 29.8 Å². The minimum atomic E-state index is -0.618. The number of nitro groups is 1. The Bertz CT molecular complexity index is 676. The lowest BCUT2D eigenvalue weighted by molar-refractivity contribution is -0.482. The van der Waals surface area contributed by atoms with E-state index >= 15 is 0 Å². The van der Waals surface area contributed by atoms with E-state index in [0.717, 1.165) is 0 Å². The van der Waals surface area contributed by atoms with Gasteiger partial charge in [0.1, 0.15) is 23.4 Å². The number of halogens is 1. The topological polar surface area (TPSA) is 73.6 Å². The SMILES string of the molecule is COc1ccc(N[C@H](C[N+](=O)[O-])c2ccc(F)cc2)c(OC)c1. The average Bonchev–Trinajstić information content (AvgIpc) is 2.54. The third-order valence-corrected chi connectivity index (χ3v) is 3.34. The van der Waals surface area contributed by atoms with Gasteiger partial charge in [-0.25, -0.2) is 4.39 Å². The third-order valence-electron chi connectivity index (χ3n) is 3.34. The molecule has 0 amide bonds. The number of rotatable bonds is 7. The van der Waals surface area contributed by atoms with Gasteiger partial charge in [-0.1, -0.05) is 12.1 Å². The smallest absolute Gasteiger partial charge is 0.227 e. The molecule has 0 saturated heterocycles. The van der Waals surface area contributed by atoms with Crippen molar-refractivity contribution in [2.24, 2.45) is 0 Å². The summed E-state index contributed by atoms with van der Waals surface area (Å²) in [4.78, 5) is 10.5. The van der Waals surface area contributed by atoms with Crippen molar-refractivity contribution in [1.29, 1.82) is 0 Å². The molecule has 23 heavy (non-hydrogen) atoms. The van der Waals surface area contributed by atoms with Crippen molar-refractivity contribution >= 4 is 5.69 Å². The highest BCUT2D eigenvalue weighted by atomic mass is 19.1. The quantitative estimate of drug-likeness (QED) is 0.626. The molecule has 1 N–H and O–H groups in total. The highest BCUT2D eigenvalue weighted by Crippen LogP contribution is 2.32. The lowest BCUT2D eigenvalue weighted by Crippen LogP contribution is -2.20. The summed E-state index contributed by atoms with van der Waals surface area (Å²) in [7, 11) is 3.04. The molecule has 2 aromatic rings. The molecule has 0 bridgehead atoms. The first kappa shape index (κ1) is 16.5. The molecule has 6 nitrogen and oxygen atoms in total. The molecule has 0 saturated carbocycles. The van der Waals surface area contributed by atoms with Gasteiger partial charge >= 0.3 is 0 Å². The number of nitrogens with zero attached hydrogens (tertiary/aromatic N) is 1. The van der Waals surface area contributed by atoms with E-state index in [1.165, 1.54) is 38.5 Å². The predicted octanol–water partition coefficient (Wildman–Crippen LogP) is 3.27. The fourth-order valence-electron chi connectivity index (χ4n) is 2.18. The van der Waals surface area contributed by atoms with E-state index in [9.17, 15) is 14.5 Å². The summed E-state index contributed by atoms with van der Waals surface area (Å²) < 4.78 is 23.5. The zero-order chi connectivity index (χ0) is 16.8. The molecule has 0 fully saturated rings. The van der Waals surface area contributed by atoms with Crippen LogP contribution >= 0.6 is 0 Å². The number of methoxy groups -OCH3 is 2. The third kappa shape index (κ3) is 4.32. The number of nitrogens with one attached hydrogen (secondary N) is 1. The van der Waals surface area contributed by atoms with Crippen LogP contribution in [0.15, 0.2) is 42.5 Å². The Hall–Kier alpha value is -2.83. The molecule has 7 heteroatoms. The van der Waals surface area contributed by atoms with Crippen LogP contribution in [0.4, 0.5) is 10.1 Å². The molecule has 2 aromatic carbocycles. The normalized spacial score (nSPS) is 11.6. The zero-order valence-electron chi connectivity index (χ0n) is 12.8. The van der Waals surface area contributed by atoms with Gasteiger partial charge < -0.3 is 14.8 Å². The van der Waals surface area contributed by atoms with Crippen molar-refractivity contribution in [2.75, 3.05) is 26.1 Å². The van der Waals surface area contributed by atoms with Gasteiger partial charge in [0.25, 0.3) is 0 Å². The van der Waals surface area contributed by atoms with E-state index in [-0.39, 0.29) is 6.54 Å². The van der Waals surface area contributed by atoms with E-state index in [1.807, 2.05) is 0 Å². The number of benzene rings is 2. The fraction of sp³-hybridized carbons (Fsp3) is 0.250. The molecule has 0 aliphatic rings. The first-order chi connectivity index (χ1) is 11.0. The van der Waals surface area contributed by atoms with Crippen LogP contribution in [0.5, 0.6) is 11.5 Å². The van der Waals surface area contributed by atoms with Crippen molar-refractivity contribution in [3.05, 3.63) is 64.0 Å². The van der Waals surface area contributed by atoms with Crippen LogP contribution in [0, 0.1) is 15.9 Å². The molecule has 122 valence electrons. The Kier molecular flexibility index (Phi) is 5.35. The van der Waals surface area contributed by atoms with Crippen LogP contribution in [0.3, 0.4) is 0 Å². The van der Waals surface area contributed by atoms with Gasteiger partial charge in [-0.2, -0.15) is 0 Å². The summed E-state index contributed by atoms with van der Waals surface area (Å²) in [6.45, 7) is -0.346. The molecule has 0 spiro atoms. The standard InChI is InChI=1S/C16H17FN2O4/c1-22-13-7-8-14(16(9-13)23-2)18-15(10-19(20)21)11-3-5-12(17)6-4-11/h3-9,15,18H,10H2,1-2H3/t15-/m1/s1. The maximum Gasteiger partial charge on any atom is 0.227 e. The van der Waals surface area contributed by atoms with Gasteiger partial charge in [0, 0.05) is 11.0 Å². The predicted molar refractivity (Wildman–Crippen MR) is 84.2 cm³/mol. The minimum Gasteiger partial charge on any atom is -0.497 e. The first-order valence-electron chi connectivity index (χ1n) is 6.89. The van der Waals surface area contributed by atoms with Crippen LogP contribution < -0.4 is 14.8 Å². The van der Waals surface area contributed by atoms with Crippen molar-refractivity contribution in [2.45, 2.75) is 6.04 Å². The van der Waals surface area contributed by atoms with Crippen LogP contribution in [-0.2, 0) is 0 Å². The second kappa shape index (κ2) is 7.44.